The molecule has 2 amide bonds. The van der Waals surface area contributed by atoms with E-state index in [0.29, 0.717) is 0 Å². The minimum atomic E-state index is -1.26. The third-order valence-electron chi connectivity index (χ3n) is 2.94. The monoisotopic (exact) mass is 230 g/mol. The Morgan fingerprint density at radius 2 is 1.50 bits per heavy atom. The van der Waals surface area contributed by atoms with E-state index in [0.717, 1.165) is 12.8 Å². The van der Waals surface area contributed by atoms with Crippen LogP contribution in [0.5, 0.6) is 0 Å². The average molecular weight is 230 g/mol. The molecule has 0 fully saturated rings. The van der Waals surface area contributed by atoms with Crippen molar-refractivity contribution in [3.8, 4) is 0 Å². The van der Waals surface area contributed by atoms with Crippen molar-refractivity contribution in [1.29, 1.82) is 0 Å². The van der Waals surface area contributed by atoms with Gasteiger partial charge in [-0.3, -0.25) is 0 Å². The molecule has 0 aromatic carbocycles. The number of amides is 2. The number of carbonyl (C=O) groups is 2. The largest absolute Gasteiger partial charge is 0.480 e. The maximum absolute atomic E-state index is 11.6. The van der Waals surface area contributed by atoms with Gasteiger partial charge in [0.1, 0.15) is 5.54 Å². The van der Waals surface area contributed by atoms with Gasteiger partial charge in [0.2, 0.25) is 0 Å². The fraction of sp³-hybridized carbons (Fsp3) is 0.818. The van der Waals surface area contributed by atoms with Crippen LogP contribution in [0.25, 0.3) is 0 Å². The normalized spacial score (nSPS) is 12.1. The van der Waals surface area contributed by atoms with Crippen molar-refractivity contribution in [3.63, 3.8) is 0 Å². The molecule has 0 unspecified atom stereocenters. The van der Waals surface area contributed by atoms with E-state index in [1.54, 1.807) is 0 Å². The third kappa shape index (κ3) is 4.08. The van der Waals surface area contributed by atoms with E-state index in [-0.39, 0.29) is 5.54 Å². The number of urea groups is 1. The van der Waals surface area contributed by atoms with Gasteiger partial charge in [0.15, 0.2) is 0 Å². The Morgan fingerprint density at radius 1 is 1.06 bits per heavy atom. The summed E-state index contributed by atoms with van der Waals surface area (Å²) in [5.41, 5.74) is -1.55. The van der Waals surface area contributed by atoms with E-state index in [2.05, 4.69) is 10.6 Å². The van der Waals surface area contributed by atoms with Gasteiger partial charge in [0, 0.05) is 5.54 Å². The molecule has 5 nitrogen and oxygen atoms in total. The summed E-state index contributed by atoms with van der Waals surface area (Å²) in [6.07, 6.45) is 1.59. The Labute approximate surface area is 96.6 Å². The fourth-order valence-electron chi connectivity index (χ4n) is 1.07. The molecule has 16 heavy (non-hydrogen) atoms. The Balaban J connectivity index is 4.45. The molecule has 0 aliphatic rings. The van der Waals surface area contributed by atoms with Gasteiger partial charge < -0.3 is 15.7 Å². The molecule has 0 radical (unpaired) electrons. The van der Waals surface area contributed by atoms with Gasteiger partial charge in [0.25, 0.3) is 0 Å². The topological polar surface area (TPSA) is 78.4 Å². The molecule has 0 saturated carbocycles. The van der Waals surface area contributed by atoms with Crippen LogP contribution in [0, 0.1) is 0 Å². The summed E-state index contributed by atoms with van der Waals surface area (Å²) < 4.78 is 0. The van der Waals surface area contributed by atoms with Gasteiger partial charge in [-0.25, -0.2) is 9.59 Å². The molecular weight excluding hydrogens is 208 g/mol. The highest BCUT2D eigenvalue weighted by Crippen LogP contribution is 2.13. The van der Waals surface area contributed by atoms with Crippen LogP contribution in [0.4, 0.5) is 4.79 Å². The first-order chi connectivity index (χ1) is 7.17. The highest BCUT2D eigenvalue weighted by Gasteiger charge is 2.31. The van der Waals surface area contributed by atoms with Crippen molar-refractivity contribution >= 4 is 12.0 Å². The zero-order valence-corrected chi connectivity index (χ0v) is 10.7. The minimum absolute atomic E-state index is 0.293. The van der Waals surface area contributed by atoms with Gasteiger partial charge >= 0.3 is 12.0 Å². The van der Waals surface area contributed by atoms with Crippen molar-refractivity contribution in [3.05, 3.63) is 0 Å². The summed E-state index contributed by atoms with van der Waals surface area (Å²) >= 11 is 0. The van der Waals surface area contributed by atoms with Crippen LogP contribution in [0.15, 0.2) is 0 Å². The summed E-state index contributed by atoms with van der Waals surface area (Å²) in [7, 11) is 0. The summed E-state index contributed by atoms with van der Waals surface area (Å²) in [4.78, 5) is 22.4. The number of carboxylic acids is 1. The number of carboxylic acid groups (broad SMARTS) is 1. The molecule has 0 saturated heterocycles. The molecule has 0 aliphatic carbocycles. The Morgan fingerprint density at radius 3 is 1.81 bits per heavy atom. The Bertz CT molecular complexity index is 270. The number of carbonyl (C=O) groups excluding carboxylic acids is 1. The van der Waals surface area contributed by atoms with Crippen molar-refractivity contribution in [2.45, 2.75) is 58.5 Å². The fourth-order valence-corrected chi connectivity index (χ4v) is 1.07. The highest BCUT2D eigenvalue weighted by atomic mass is 16.4. The van der Waals surface area contributed by atoms with Crippen LogP contribution < -0.4 is 10.6 Å². The first-order valence-corrected chi connectivity index (χ1v) is 5.50. The average Bonchev–Trinajstić information content (AvgIpc) is 2.16. The number of aliphatic carboxylic acids is 1. The summed E-state index contributed by atoms with van der Waals surface area (Å²) in [5, 5.41) is 14.1. The van der Waals surface area contributed by atoms with Crippen LogP contribution >= 0.6 is 0 Å². The third-order valence-corrected chi connectivity index (χ3v) is 2.94. The standard InChI is InChI=1S/C11H22N2O3/c1-6-11(5,7-2)13-9(16)12-10(3,4)8(14)15/h6-7H2,1-5H3,(H,14,15)(H2,12,13,16). The van der Waals surface area contributed by atoms with E-state index >= 15 is 0 Å². The van der Waals surface area contributed by atoms with Crippen LogP contribution in [-0.4, -0.2) is 28.2 Å². The van der Waals surface area contributed by atoms with Crippen molar-refractivity contribution in [1.82, 2.24) is 10.6 Å². The molecule has 94 valence electrons. The van der Waals surface area contributed by atoms with E-state index in [1.807, 2.05) is 20.8 Å². The highest BCUT2D eigenvalue weighted by molar-refractivity contribution is 5.85. The van der Waals surface area contributed by atoms with E-state index in [4.69, 9.17) is 5.11 Å². The zero-order valence-electron chi connectivity index (χ0n) is 10.7. The second-order valence-corrected chi connectivity index (χ2v) is 4.78. The van der Waals surface area contributed by atoms with Crippen molar-refractivity contribution in [2.24, 2.45) is 0 Å². The molecule has 0 aliphatic heterocycles. The van der Waals surface area contributed by atoms with E-state index in [1.165, 1.54) is 13.8 Å². The Kier molecular flexibility index (Phi) is 4.78. The first-order valence-electron chi connectivity index (χ1n) is 5.50. The lowest BCUT2D eigenvalue weighted by molar-refractivity contribution is -0.142. The quantitative estimate of drug-likeness (QED) is 0.673. The maximum Gasteiger partial charge on any atom is 0.328 e. The van der Waals surface area contributed by atoms with E-state index in [9.17, 15) is 9.59 Å². The minimum Gasteiger partial charge on any atom is -0.480 e. The number of hydrogen-bond donors (Lipinski definition) is 3. The molecule has 3 N–H and O–H groups in total. The number of rotatable bonds is 5. The number of hydrogen-bond acceptors (Lipinski definition) is 2. The second-order valence-electron chi connectivity index (χ2n) is 4.78. The van der Waals surface area contributed by atoms with Crippen molar-refractivity contribution < 1.29 is 14.7 Å². The molecule has 5 heteroatoms. The maximum atomic E-state index is 11.6. The lowest BCUT2D eigenvalue weighted by Crippen LogP contribution is -2.57. The van der Waals surface area contributed by atoms with Crippen LogP contribution in [-0.2, 0) is 4.79 Å². The van der Waals surface area contributed by atoms with Gasteiger partial charge in [-0.15, -0.1) is 0 Å². The van der Waals surface area contributed by atoms with Crippen LogP contribution in [0.2, 0.25) is 0 Å². The summed E-state index contributed by atoms with van der Waals surface area (Å²) in [6, 6.07) is -0.446. The van der Waals surface area contributed by atoms with Crippen molar-refractivity contribution in [2.75, 3.05) is 0 Å². The Hall–Kier alpha value is -1.26. The van der Waals surface area contributed by atoms with Gasteiger partial charge in [-0.05, 0) is 33.6 Å². The van der Waals surface area contributed by atoms with Crippen LogP contribution in [0.1, 0.15) is 47.5 Å². The lowest BCUT2D eigenvalue weighted by Gasteiger charge is -2.30. The summed E-state index contributed by atoms with van der Waals surface area (Å²) in [5.74, 6) is -1.06. The first kappa shape index (κ1) is 14.7. The molecule has 0 aromatic rings. The molecule has 0 spiro atoms. The molecule has 0 atom stereocenters. The molecule has 0 heterocycles. The summed E-state index contributed by atoms with van der Waals surface area (Å²) in [6.45, 7) is 8.78. The van der Waals surface area contributed by atoms with E-state index < -0.39 is 17.5 Å². The SMILES string of the molecule is CCC(C)(CC)NC(=O)NC(C)(C)C(=O)O. The predicted molar refractivity (Wildman–Crippen MR) is 62.4 cm³/mol. The van der Waals surface area contributed by atoms with Gasteiger partial charge in [0.05, 0.1) is 0 Å². The van der Waals surface area contributed by atoms with Crippen LogP contribution in [0.3, 0.4) is 0 Å². The molecule has 0 aromatic heterocycles. The molecular formula is C11H22N2O3. The molecule has 0 rings (SSSR count). The second kappa shape index (κ2) is 5.18. The molecule has 0 bridgehead atoms. The predicted octanol–water partition coefficient (Wildman–Crippen LogP) is 1.73. The lowest BCUT2D eigenvalue weighted by atomic mass is 9.96. The zero-order chi connectivity index (χ0) is 13.0. The number of nitrogens with one attached hydrogen (secondary N) is 2. The van der Waals surface area contributed by atoms with Gasteiger partial charge in [-0.2, -0.15) is 0 Å². The van der Waals surface area contributed by atoms with Gasteiger partial charge in [-0.1, -0.05) is 13.8 Å². The smallest absolute Gasteiger partial charge is 0.328 e.